The Balaban J connectivity index is 2.07. The molecule has 21 heavy (non-hydrogen) atoms. The number of carbonyl (C=O) groups is 1. The van der Waals surface area contributed by atoms with Crippen molar-refractivity contribution >= 4 is 11.6 Å². The maximum atomic E-state index is 11.8. The highest BCUT2D eigenvalue weighted by Gasteiger charge is 2.13. The van der Waals surface area contributed by atoms with E-state index in [-0.39, 0.29) is 18.2 Å². The van der Waals surface area contributed by atoms with Gasteiger partial charge in [0.1, 0.15) is 0 Å². The molecule has 0 aliphatic carbocycles. The van der Waals surface area contributed by atoms with Gasteiger partial charge in [-0.15, -0.1) is 0 Å². The number of rotatable bonds is 6. The number of hydrogen-bond donors (Lipinski definition) is 2. The third-order valence-electron chi connectivity index (χ3n) is 3.03. The Morgan fingerprint density at radius 3 is 2.67 bits per heavy atom. The van der Waals surface area contributed by atoms with Gasteiger partial charge in [0.25, 0.3) is 5.91 Å². The van der Waals surface area contributed by atoms with Gasteiger partial charge in [-0.25, -0.2) is 0 Å². The standard InChI is InChI=1S/C15H19N3O3/c1-18(2)12-6-4-11(5-7-12)14-10-13(17-21-14)15(20)16-8-3-9-19/h4-7,10,19H,3,8-9H2,1-2H3,(H,16,20). The second-order valence-electron chi connectivity index (χ2n) is 4.85. The Morgan fingerprint density at radius 2 is 2.05 bits per heavy atom. The highest BCUT2D eigenvalue weighted by Crippen LogP contribution is 2.23. The molecule has 2 aromatic rings. The van der Waals surface area contributed by atoms with Gasteiger partial charge < -0.3 is 19.8 Å². The molecule has 2 N–H and O–H groups in total. The summed E-state index contributed by atoms with van der Waals surface area (Å²) < 4.78 is 5.20. The summed E-state index contributed by atoms with van der Waals surface area (Å²) in [7, 11) is 3.94. The molecule has 1 aromatic heterocycles. The lowest BCUT2D eigenvalue weighted by molar-refractivity contribution is 0.0942. The summed E-state index contributed by atoms with van der Waals surface area (Å²) in [5, 5.41) is 15.1. The van der Waals surface area contributed by atoms with E-state index < -0.39 is 0 Å². The smallest absolute Gasteiger partial charge is 0.273 e. The van der Waals surface area contributed by atoms with E-state index in [0.717, 1.165) is 11.3 Å². The number of nitrogens with one attached hydrogen (secondary N) is 1. The molecule has 0 saturated heterocycles. The van der Waals surface area contributed by atoms with E-state index in [1.807, 2.05) is 43.3 Å². The fraction of sp³-hybridized carbons (Fsp3) is 0.333. The van der Waals surface area contributed by atoms with E-state index >= 15 is 0 Å². The highest BCUT2D eigenvalue weighted by atomic mass is 16.5. The third kappa shape index (κ3) is 3.82. The third-order valence-corrected chi connectivity index (χ3v) is 3.03. The van der Waals surface area contributed by atoms with Crippen LogP contribution in [0.25, 0.3) is 11.3 Å². The van der Waals surface area contributed by atoms with E-state index in [0.29, 0.717) is 18.7 Å². The molecule has 0 bridgehead atoms. The minimum absolute atomic E-state index is 0.0442. The van der Waals surface area contributed by atoms with Gasteiger partial charge >= 0.3 is 0 Å². The molecule has 0 saturated carbocycles. The van der Waals surface area contributed by atoms with Crippen LogP contribution in [0.1, 0.15) is 16.9 Å². The number of benzene rings is 1. The van der Waals surface area contributed by atoms with Crippen molar-refractivity contribution in [3.05, 3.63) is 36.0 Å². The molecule has 2 rings (SSSR count). The van der Waals surface area contributed by atoms with Crippen molar-refractivity contribution in [2.45, 2.75) is 6.42 Å². The normalized spacial score (nSPS) is 10.4. The van der Waals surface area contributed by atoms with Crippen LogP contribution in [0.3, 0.4) is 0 Å². The number of carbonyl (C=O) groups excluding carboxylic acids is 1. The zero-order chi connectivity index (χ0) is 15.2. The molecule has 0 aliphatic rings. The molecule has 0 spiro atoms. The monoisotopic (exact) mass is 289 g/mol. The predicted molar refractivity (Wildman–Crippen MR) is 80.3 cm³/mol. The summed E-state index contributed by atoms with van der Waals surface area (Å²) >= 11 is 0. The van der Waals surface area contributed by atoms with Crippen molar-refractivity contribution in [2.24, 2.45) is 0 Å². The number of aliphatic hydroxyl groups is 1. The number of nitrogens with zero attached hydrogens (tertiary/aromatic N) is 2. The van der Waals surface area contributed by atoms with Crippen LogP contribution < -0.4 is 10.2 Å². The number of aromatic nitrogens is 1. The first-order chi connectivity index (χ1) is 10.1. The Bertz CT molecular complexity index is 590. The van der Waals surface area contributed by atoms with Gasteiger partial charge in [-0.1, -0.05) is 5.16 Å². The topological polar surface area (TPSA) is 78.6 Å². The fourth-order valence-corrected chi connectivity index (χ4v) is 1.81. The molecule has 0 atom stereocenters. The van der Waals surface area contributed by atoms with E-state index in [2.05, 4.69) is 10.5 Å². The van der Waals surface area contributed by atoms with Gasteiger partial charge in [-0.2, -0.15) is 0 Å². The number of aliphatic hydroxyl groups excluding tert-OH is 1. The second kappa shape index (κ2) is 6.90. The quantitative estimate of drug-likeness (QED) is 0.788. The molecule has 6 heteroatoms. The van der Waals surface area contributed by atoms with Crippen molar-refractivity contribution in [1.29, 1.82) is 0 Å². The van der Waals surface area contributed by atoms with Crippen molar-refractivity contribution in [1.82, 2.24) is 10.5 Å². The van der Waals surface area contributed by atoms with Gasteiger partial charge in [0.2, 0.25) is 0 Å². The zero-order valence-corrected chi connectivity index (χ0v) is 12.2. The Kier molecular flexibility index (Phi) is 4.94. The van der Waals surface area contributed by atoms with Crippen LogP contribution in [0.2, 0.25) is 0 Å². The SMILES string of the molecule is CN(C)c1ccc(-c2cc(C(=O)NCCCO)no2)cc1. The first-order valence-electron chi connectivity index (χ1n) is 6.75. The fourth-order valence-electron chi connectivity index (χ4n) is 1.81. The van der Waals surface area contributed by atoms with Gasteiger partial charge in [0.05, 0.1) is 0 Å². The Hall–Kier alpha value is -2.34. The number of anilines is 1. The number of amides is 1. The molecular formula is C15H19N3O3. The molecule has 1 heterocycles. The average molecular weight is 289 g/mol. The molecular weight excluding hydrogens is 270 g/mol. The van der Waals surface area contributed by atoms with E-state index in [9.17, 15) is 4.79 Å². The van der Waals surface area contributed by atoms with Crippen LogP contribution in [-0.4, -0.2) is 43.4 Å². The van der Waals surface area contributed by atoms with E-state index in [1.54, 1.807) is 6.07 Å². The number of hydrogen-bond acceptors (Lipinski definition) is 5. The Morgan fingerprint density at radius 1 is 1.33 bits per heavy atom. The predicted octanol–water partition coefficient (Wildman–Crippen LogP) is 1.52. The Labute approximate surface area is 123 Å². The van der Waals surface area contributed by atoms with Crippen molar-refractivity contribution in [3.63, 3.8) is 0 Å². The maximum Gasteiger partial charge on any atom is 0.273 e. The summed E-state index contributed by atoms with van der Waals surface area (Å²) in [6.45, 7) is 0.456. The van der Waals surface area contributed by atoms with Gasteiger partial charge in [0.15, 0.2) is 11.5 Å². The average Bonchev–Trinajstić information content (AvgIpc) is 2.97. The lowest BCUT2D eigenvalue weighted by Crippen LogP contribution is -2.25. The van der Waals surface area contributed by atoms with Gasteiger partial charge in [-0.05, 0) is 30.7 Å². The van der Waals surface area contributed by atoms with Crippen molar-refractivity contribution < 1.29 is 14.4 Å². The summed E-state index contributed by atoms with van der Waals surface area (Å²) in [6, 6.07) is 9.39. The molecule has 0 aliphatic heterocycles. The molecule has 0 radical (unpaired) electrons. The molecule has 1 amide bonds. The summed E-state index contributed by atoms with van der Waals surface area (Å²) in [6.07, 6.45) is 0.516. The molecule has 6 nitrogen and oxygen atoms in total. The summed E-state index contributed by atoms with van der Waals surface area (Å²) in [5.74, 6) is 0.246. The lowest BCUT2D eigenvalue weighted by Gasteiger charge is -2.11. The van der Waals surface area contributed by atoms with Crippen LogP contribution in [0.5, 0.6) is 0 Å². The van der Waals surface area contributed by atoms with Crippen LogP contribution in [0.15, 0.2) is 34.9 Å². The van der Waals surface area contributed by atoms with Crippen molar-refractivity contribution in [3.8, 4) is 11.3 Å². The first kappa shape index (κ1) is 15.1. The highest BCUT2D eigenvalue weighted by molar-refractivity contribution is 5.93. The van der Waals surface area contributed by atoms with Gasteiger partial charge in [-0.3, -0.25) is 4.79 Å². The van der Waals surface area contributed by atoms with Crippen LogP contribution in [0, 0.1) is 0 Å². The second-order valence-corrected chi connectivity index (χ2v) is 4.85. The largest absolute Gasteiger partial charge is 0.396 e. The minimum atomic E-state index is -0.302. The van der Waals surface area contributed by atoms with Crippen LogP contribution >= 0.6 is 0 Å². The van der Waals surface area contributed by atoms with E-state index in [4.69, 9.17) is 9.63 Å². The summed E-state index contributed by atoms with van der Waals surface area (Å²) in [5.41, 5.74) is 2.18. The molecule has 1 aromatic carbocycles. The van der Waals surface area contributed by atoms with E-state index in [1.165, 1.54) is 0 Å². The van der Waals surface area contributed by atoms with Crippen LogP contribution in [0.4, 0.5) is 5.69 Å². The minimum Gasteiger partial charge on any atom is -0.396 e. The van der Waals surface area contributed by atoms with Crippen LogP contribution in [-0.2, 0) is 0 Å². The molecule has 0 unspecified atom stereocenters. The molecule has 0 fully saturated rings. The van der Waals surface area contributed by atoms with Crippen molar-refractivity contribution in [2.75, 3.05) is 32.1 Å². The lowest BCUT2D eigenvalue weighted by atomic mass is 10.1. The van der Waals surface area contributed by atoms with Gasteiger partial charge in [0, 0.05) is 44.6 Å². The first-order valence-corrected chi connectivity index (χ1v) is 6.75. The summed E-state index contributed by atoms with van der Waals surface area (Å²) in [4.78, 5) is 13.8. The maximum absolute atomic E-state index is 11.8. The zero-order valence-electron chi connectivity index (χ0n) is 12.2. The molecule has 112 valence electrons.